The molecule has 2 fully saturated rings. The molecule has 1 unspecified atom stereocenters. The third-order valence-corrected chi connectivity index (χ3v) is 12.6. The number of benzene rings is 2. The molecule has 2 aliphatic rings. The zero-order valence-electron chi connectivity index (χ0n) is 15.7. The number of halogens is 1. The summed E-state index contributed by atoms with van der Waals surface area (Å²) in [5.74, 6) is 0. The fourth-order valence-corrected chi connectivity index (χ4v) is 10.9. The molecule has 138 valence electrons. The smallest absolute Gasteiger partial charge is 0.207 e. The zero-order chi connectivity index (χ0) is 18.4. The second kappa shape index (κ2) is 7.03. The van der Waals surface area contributed by atoms with Crippen LogP contribution >= 0.6 is 18.9 Å². The Morgan fingerprint density at radius 2 is 1.62 bits per heavy atom. The average molecular weight is 404 g/mol. The van der Waals surface area contributed by atoms with Gasteiger partial charge in [0.2, 0.25) is 7.65 Å². The van der Waals surface area contributed by atoms with Gasteiger partial charge in [-0.3, -0.25) is 0 Å². The third-order valence-electron chi connectivity index (χ3n) is 6.02. The van der Waals surface area contributed by atoms with E-state index in [1.165, 1.54) is 16.8 Å². The molecule has 0 aliphatic carbocycles. The number of hydrogen-bond donors (Lipinski definition) is 0. The minimum Gasteiger partial charge on any atom is -0.327 e. The van der Waals surface area contributed by atoms with E-state index < -0.39 is 15.7 Å². The molecule has 0 amide bonds. The lowest BCUT2D eigenvalue weighted by atomic mass is 9.89. The number of rotatable bonds is 4. The molecule has 0 aromatic heterocycles. The Kier molecular flexibility index (Phi) is 5.05. The van der Waals surface area contributed by atoms with Gasteiger partial charge in [-0.15, -0.1) is 0 Å². The first-order valence-electron chi connectivity index (χ1n) is 9.39. The van der Waals surface area contributed by atoms with Crippen molar-refractivity contribution in [1.29, 1.82) is 0 Å². The van der Waals surface area contributed by atoms with Crippen molar-refractivity contribution in [2.45, 2.75) is 45.0 Å². The van der Waals surface area contributed by atoms with Gasteiger partial charge in [0.25, 0.3) is 0 Å². The standard InChI is InChI=1S/C21H27ClNOPSi/c1-21(2)14-19-20(24-25(22)23(19)16-21)15-26(3,17-10-6-4-7-11-17)18-12-8-5-9-13-18/h4-13,19-20H,14-16H2,1-3H3/t19-,20+,25?/m0/s1. The third kappa shape index (κ3) is 3.41. The number of hydrogen-bond acceptors (Lipinski definition) is 2. The molecule has 3 atom stereocenters. The summed E-state index contributed by atoms with van der Waals surface area (Å²) >= 11 is 6.64. The first-order valence-corrected chi connectivity index (χ1v) is 14.2. The van der Waals surface area contributed by atoms with Crippen LogP contribution in [0.15, 0.2) is 60.7 Å². The highest BCUT2D eigenvalue weighted by Crippen LogP contribution is 2.62. The van der Waals surface area contributed by atoms with E-state index in [0.29, 0.717) is 11.5 Å². The Bertz CT molecular complexity index is 718. The van der Waals surface area contributed by atoms with Gasteiger partial charge in [0.1, 0.15) is 8.07 Å². The summed E-state index contributed by atoms with van der Waals surface area (Å²) in [6, 6.07) is 23.6. The summed E-state index contributed by atoms with van der Waals surface area (Å²) in [6.45, 7) is 8.25. The summed E-state index contributed by atoms with van der Waals surface area (Å²) < 4.78 is 8.79. The van der Waals surface area contributed by atoms with Crippen molar-refractivity contribution in [3.63, 3.8) is 0 Å². The highest BCUT2D eigenvalue weighted by Gasteiger charge is 2.52. The van der Waals surface area contributed by atoms with Crippen molar-refractivity contribution in [3.05, 3.63) is 60.7 Å². The van der Waals surface area contributed by atoms with Crippen molar-refractivity contribution in [2.75, 3.05) is 6.54 Å². The predicted octanol–water partition coefficient (Wildman–Crippen LogP) is 4.84. The average Bonchev–Trinajstić information content (AvgIpc) is 3.11. The van der Waals surface area contributed by atoms with E-state index in [1.54, 1.807) is 0 Å². The van der Waals surface area contributed by atoms with E-state index in [2.05, 4.69) is 85.7 Å². The monoisotopic (exact) mass is 403 g/mol. The zero-order valence-corrected chi connectivity index (χ0v) is 18.4. The molecule has 2 heterocycles. The quantitative estimate of drug-likeness (QED) is 0.534. The van der Waals surface area contributed by atoms with Crippen molar-refractivity contribution in [2.24, 2.45) is 5.41 Å². The number of fused-ring (bicyclic) bond motifs is 1. The molecule has 0 bridgehead atoms. The van der Waals surface area contributed by atoms with Crippen LogP contribution in [0.4, 0.5) is 0 Å². The van der Waals surface area contributed by atoms with E-state index in [-0.39, 0.29) is 6.10 Å². The molecule has 2 aromatic rings. The van der Waals surface area contributed by atoms with Gasteiger partial charge in [0.15, 0.2) is 0 Å². The van der Waals surface area contributed by atoms with Crippen LogP contribution in [0, 0.1) is 5.41 Å². The molecular weight excluding hydrogens is 377 g/mol. The molecular formula is C21H27ClNOPSi. The molecule has 0 radical (unpaired) electrons. The van der Waals surface area contributed by atoms with Crippen LogP contribution in [0.5, 0.6) is 0 Å². The van der Waals surface area contributed by atoms with Gasteiger partial charge < -0.3 is 4.52 Å². The van der Waals surface area contributed by atoms with Crippen LogP contribution in [-0.2, 0) is 4.52 Å². The SMILES string of the molecule is CC1(C)C[C@H]2[C@@H](C[Si](C)(c3ccccc3)c3ccccc3)OP(Cl)N2C1. The molecule has 2 aliphatic heterocycles. The summed E-state index contributed by atoms with van der Waals surface area (Å²) in [4.78, 5) is 0. The molecule has 5 heteroatoms. The Labute approximate surface area is 164 Å². The van der Waals surface area contributed by atoms with Gasteiger partial charge in [-0.1, -0.05) is 91.4 Å². The normalized spacial score (nSPS) is 28.2. The molecule has 2 saturated heterocycles. The molecule has 0 saturated carbocycles. The van der Waals surface area contributed by atoms with Crippen molar-refractivity contribution < 1.29 is 4.52 Å². The highest BCUT2D eigenvalue weighted by molar-refractivity contribution is 7.78. The van der Waals surface area contributed by atoms with Crippen LogP contribution in [-0.4, -0.2) is 31.4 Å². The van der Waals surface area contributed by atoms with Gasteiger partial charge >= 0.3 is 0 Å². The van der Waals surface area contributed by atoms with Crippen LogP contribution < -0.4 is 10.4 Å². The Hall–Kier alpha value is -0.703. The van der Waals surface area contributed by atoms with Crippen molar-refractivity contribution in [1.82, 2.24) is 4.67 Å². The Balaban J connectivity index is 1.68. The highest BCUT2D eigenvalue weighted by atomic mass is 35.7. The van der Waals surface area contributed by atoms with E-state index >= 15 is 0 Å². The summed E-state index contributed by atoms with van der Waals surface area (Å²) in [6.07, 6.45) is 1.41. The summed E-state index contributed by atoms with van der Waals surface area (Å²) in [5.41, 5.74) is 0.333. The van der Waals surface area contributed by atoms with E-state index in [4.69, 9.17) is 15.8 Å². The van der Waals surface area contributed by atoms with E-state index in [1.807, 2.05) is 0 Å². The topological polar surface area (TPSA) is 12.5 Å². The lowest BCUT2D eigenvalue weighted by Gasteiger charge is -2.32. The second-order valence-electron chi connectivity index (χ2n) is 8.67. The Morgan fingerprint density at radius 1 is 1.08 bits per heavy atom. The molecule has 2 nitrogen and oxygen atoms in total. The summed E-state index contributed by atoms with van der Waals surface area (Å²) in [5, 5.41) is 2.95. The van der Waals surface area contributed by atoms with E-state index in [0.717, 1.165) is 12.6 Å². The molecule has 2 aromatic carbocycles. The van der Waals surface area contributed by atoms with Crippen molar-refractivity contribution >= 4 is 37.3 Å². The maximum Gasteiger partial charge on any atom is 0.207 e. The fourth-order valence-electron chi connectivity index (χ4n) is 4.62. The van der Waals surface area contributed by atoms with Crippen LogP contribution in [0.3, 0.4) is 0 Å². The van der Waals surface area contributed by atoms with Gasteiger partial charge in [-0.25, -0.2) is 4.67 Å². The van der Waals surface area contributed by atoms with Crippen LogP contribution in [0.2, 0.25) is 12.6 Å². The van der Waals surface area contributed by atoms with Crippen LogP contribution in [0.1, 0.15) is 20.3 Å². The summed E-state index contributed by atoms with van der Waals surface area (Å²) in [7, 11) is -2.87. The molecule has 0 N–H and O–H groups in total. The van der Waals surface area contributed by atoms with Gasteiger partial charge in [0.05, 0.1) is 6.10 Å². The molecule has 0 spiro atoms. The van der Waals surface area contributed by atoms with Crippen LogP contribution in [0.25, 0.3) is 0 Å². The second-order valence-corrected chi connectivity index (χ2v) is 14.9. The molecule has 26 heavy (non-hydrogen) atoms. The minimum atomic E-state index is -1.90. The maximum absolute atomic E-state index is 6.64. The lowest BCUT2D eigenvalue weighted by Crippen LogP contribution is -2.58. The first-order chi connectivity index (χ1) is 12.4. The van der Waals surface area contributed by atoms with Gasteiger partial charge in [-0.05, 0) is 29.1 Å². The minimum absolute atomic E-state index is 0.234. The van der Waals surface area contributed by atoms with Gasteiger partial charge in [0, 0.05) is 12.6 Å². The molecule has 4 rings (SSSR count). The maximum atomic E-state index is 6.64. The fraction of sp³-hybridized carbons (Fsp3) is 0.429. The predicted molar refractivity (Wildman–Crippen MR) is 115 cm³/mol. The largest absolute Gasteiger partial charge is 0.327 e. The number of nitrogens with zero attached hydrogens (tertiary/aromatic N) is 1. The van der Waals surface area contributed by atoms with Crippen molar-refractivity contribution in [3.8, 4) is 0 Å². The Morgan fingerprint density at radius 3 is 2.15 bits per heavy atom. The lowest BCUT2D eigenvalue weighted by molar-refractivity contribution is 0.223. The van der Waals surface area contributed by atoms with Gasteiger partial charge in [-0.2, -0.15) is 0 Å². The first kappa shape index (κ1) is 18.7. The van der Waals surface area contributed by atoms with E-state index in [9.17, 15) is 0 Å².